The zero-order valence-electron chi connectivity index (χ0n) is 18.5. The molecule has 1 aromatic carbocycles. The minimum absolute atomic E-state index is 0.0831. The number of halogens is 3. The van der Waals surface area contributed by atoms with E-state index in [1.165, 1.54) is 6.20 Å². The molecule has 0 saturated heterocycles. The lowest BCUT2D eigenvalue weighted by Crippen LogP contribution is -2.36. The van der Waals surface area contributed by atoms with Crippen molar-refractivity contribution >= 4 is 11.7 Å². The third-order valence-corrected chi connectivity index (χ3v) is 5.89. The number of benzene rings is 1. The predicted molar refractivity (Wildman–Crippen MR) is 119 cm³/mol. The van der Waals surface area contributed by atoms with Gasteiger partial charge in [0.15, 0.2) is 6.04 Å². The second kappa shape index (κ2) is 9.25. The molecule has 0 fully saturated rings. The van der Waals surface area contributed by atoms with E-state index in [9.17, 15) is 18.0 Å². The van der Waals surface area contributed by atoms with Crippen LogP contribution >= 0.6 is 0 Å². The SMILES string of the molecule is CCc1ccc(C2CC(C(F)(F)F)n3ncc(CC(=O)NCc4ccc(C)cn4)c3N2)cc1. The van der Waals surface area contributed by atoms with E-state index >= 15 is 0 Å². The van der Waals surface area contributed by atoms with Crippen molar-refractivity contribution in [3.05, 3.63) is 76.7 Å². The van der Waals surface area contributed by atoms with E-state index in [1.54, 1.807) is 6.20 Å². The number of hydrogen-bond acceptors (Lipinski definition) is 4. The van der Waals surface area contributed by atoms with E-state index in [-0.39, 0.29) is 31.1 Å². The van der Waals surface area contributed by atoms with Gasteiger partial charge in [-0.3, -0.25) is 9.78 Å². The van der Waals surface area contributed by atoms with Crippen LogP contribution in [0.3, 0.4) is 0 Å². The maximum absolute atomic E-state index is 13.9. The summed E-state index contributed by atoms with van der Waals surface area (Å²) in [5.74, 6) is -0.0790. The first kappa shape index (κ1) is 22.8. The number of carbonyl (C=O) groups is 1. The van der Waals surface area contributed by atoms with Crippen LogP contribution in [0.1, 0.15) is 53.4 Å². The molecule has 2 N–H and O–H groups in total. The molecular formula is C24H26F3N5O. The molecule has 9 heteroatoms. The van der Waals surface area contributed by atoms with Crippen LogP contribution in [0.25, 0.3) is 0 Å². The maximum Gasteiger partial charge on any atom is 0.410 e. The fraction of sp³-hybridized carbons (Fsp3) is 0.375. The van der Waals surface area contributed by atoms with Crippen molar-refractivity contribution in [3.8, 4) is 0 Å². The van der Waals surface area contributed by atoms with Gasteiger partial charge in [0.2, 0.25) is 5.91 Å². The van der Waals surface area contributed by atoms with Crippen molar-refractivity contribution < 1.29 is 18.0 Å². The van der Waals surface area contributed by atoms with Gasteiger partial charge in [-0.1, -0.05) is 37.3 Å². The number of fused-ring (bicyclic) bond motifs is 1. The van der Waals surface area contributed by atoms with Crippen molar-refractivity contribution in [2.75, 3.05) is 5.32 Å². The van der Waals surface area contributed by atoms with Gasteiger partial charge in [0.05, 0.1) is 30.9 Å². The number of pyridine rings is 1. The first-order valence-corrected chi connectivity index (χ1v) is 10.9. The second-order valence-electron chi connectivity index (χ2n) is 8.33. The molecule has 1 aliphatic rings. The van der Waals surface area contributed by atoms with Gasteiger partial charge in [-0.15, -0.1) is 0 Å². The Morgan fingerprint density at radius 3 is 2.58 bits per heavy atom. The number of amides is 1. The molecule has 3 heterocycles. The highest BCUT2D eigenvalue weighted by Gasteiger charge is 2.46. The third kappa shape index (κ3) is 5.18. The highest BCUT2D eigenvalue weighted by Crippen LogP contribution is 2.44. The molecule has 0 spiro atoms. The normalized spacial score (nSPS) is 17.8. The number of nitrogens with zero attached hydrogens (tertiary/aromatic N) is 3. The number of anilines is 1. The van der Waals surface area contributed by atoms with Crippen LogP contribution in [0.15, 0.2) is 48.8 Å². The summed E-state index contributed by atoms with van der Waals surface area (Å²) in [5, 5.41) is 9.95. The van der Waals surface area contributed by atoms with E-state index in [0.29, 0.717) is 11.3 Å². The van der Waals surface area contributed by atoms with Crippen molar-refractivity contribution in [2.24, 2.45) is 0 Å². The summed E-state index contributed by atoms with van der Waals surface area (Å²) in [6.45, 7) is 4.19. The number of rotatable bonds is 6. The third-order valence-electron chi connectivity index (χ3n) is 5.89. The summed E-state index contributed by atoms with van der Waals surface area (Å²) < 4.78 is 42.5. The summed E-state index contributed by atoms with van der Waals surface area (Å²) in [7, 11) is 0. The molecule has 0 saturated carbocycles. The van der Waals surface area contributed by atoms with E-state index in [0.717, 1.165) is 27.8 Å². The number of carbonyl (C=O) groups excluding carboxylic acids is 1. The van der Waals surface area contributed by atoms with Crippen LogP contribution in [-0.2, 0) is 24.2 Å². The number of aryl methyl sites for hydroxylation is 2. The molecule has 6 nitrogen and oxygen atoms in total. The topological polar surface area (TPSA) is 71.8 Å². The summed E-state index contributed by atoms with van der Waals surface area (Å²) in [6, 6.07) is 8.99. The quantitative estimate of drug-likeness (QED) is 0.565. The zero-order chi connectivity index (χ0) is 23.6. The van der Waals surface area contributed by atoms with Crippen LogP contribution in [0, 0.1) is 6.92 Å². The van der Waals surface area contributed by atoms with E-state index in [4.69, 9.17) is 0 Å². The Kier molecular flexibility index (Phi) is 6.40. The molecule has 2 aromatic heterocycles. The van der Waals surface area contributed by atoms with Gasteiger partial charge in [-0.2, -0.15) is 18.3 Å². The lowest BCUT2D eigenvalue weighted by Gasteiger charge is -2.34. The van der Waals surface area contributed by atoms with Crippen LogP contribution in [0.5, 0.6) is 0 Å². The van der Waals surface area contributed by atoms with Gasteiger partial charge in [0.1, 0.15) is 5.82 Å². The fourth-order valence-corrected chi connectivity index (χ4v) is 3.97. The average Bonchev–Trinajstić information content (AvgIpc) is 3.20. The molecule has 0 radical (unpaired) electrons. The smallest absolute Gasteiger partial charge is 0.363 e. The average molecular weight is 458 g/mol. The molecule has 4 rings (SSSR count). The predicted octanol–water partition coefficient (Wildman–Crippen LogP) is 4.67. The number of aromatic nitrogens is 3. The van der Waals surface area contributed by atoms with Crippen molar-refractivity contribution in [1.29, 1.82) is 0 Å². The van der Waals surface area contributed by atoms with Gasteiger partial charge in [-0.05, 0) is 36.1 Å². The Hall–Kier alpha value is -3.36. The molecule has 0 aliphatic carbocycles. The Labute approximate surface area is 190 Å². The Balaban J connectivity index is 1.53. The highest BCUT2D eigenvalue weighted by atomic mass is 19.4. The van der Waals surface area contributed by atoms with Gasteiger partial charge in [0, 0.05) is 18.2 Å². The van der Waals surface area contributed by atoms with Crippen molar-refractivity contribution in [3.63, 3.8) is 0 Å². The number of alkyl halides is 3. The molecule has 33 heavy (non-hydrogen) atoms. The van der Waals surface area contributed by atoms with Crippen LogP contribution < -0.4 is 10.6 Å². The van der Waals surface area contributed by atoms with E-state index in [2.05, 4.69) is 20.7 Å². The maximum atomic E-state index is 13.9. The standard InChI is InChI=1S/C24H26F3N5O/c1-3-16-5-7-17(8-6-16)20-11-21(24(25,26)27)32-23(31-20)18(13-30-32)10-22(33)29-14-19-9-4-15(2)12-28-19/h4-9,12-13,20-21,31H,3,10-11,14H2,1-2H3,(H,29,33). The first-order chi connectivity index (χ1) is 15.7. The zero-order valence-corrected chi connectivity index (χ0v) is 18.5. The van der Waals surface area contributed by atoms with Gasteiger partial charge < -0.3 is 10.6 Å². The lowest BCUT2D eigenvalue weighted by molar-refractivity contribution is -0.173. The van der Waals surface area contributed by atoms with Gasteiger partial charge in [-0.25, -0.2) is 4.68 Å². The monoisotopic (exact) mass is 457 g/mol. The second-order valence-corrected chi connectivity index (χ2v) is 8.33. The Bertz CT molecular complexity index is 1110. The van der Waals surface area contributed by atoms with E-state index in [1.807, 2.05) is 50.2 Å². The van der Waals surface area contributed by atoms with Crippen LogP contribution in [0.4, 0.5) is 19.0 Å². The highest BCUT2D eigenvalue weighted by molar-refractivity contribution is 5.80. The molecular weight excluding hydrogens is 431 g/mol. The summed E-state index contributed by atoms with van der Waals surface area (Å²) in [4.78, 5) is 16.8. The summed E-state index contributed by atoms with van der Waals surface area (Å²) in [6.07, 6.45) is -0.805. The Morgan fingerprint density at radius 1 is 1.18 bits per heavy atom. The molecule has 1 amide bonds. The molecule has 3 aromatic rings. The van der Waals surface area contributed by atoms with Gasteiger partial charge >= 0.3 is 6.18 Å². The van der Waals surface area contributed by atoms with Gasteiger partial charge in [0.25, 0.3) is 0 Å². The van der Waals surface area contributed by atoms with Crippen LogP contribution in [0.2, 0.25) is 0 Å². The van der Waals surface area contributed by atoms with Crippen molar-refractivity contribution in [1.82, 2.24) is 20.1 Å². The summed E-state index contributed by atoms with van der Waals surface area (Å²) >= 11 is 0. The molecule has 1 aliphatic heterocycles. The molecule has 2 unspecified atom stereocenters. The minimum atomic E-state index is -4.46. The number of nitrogens with one attached hydrogen (secondary N) is 2. The minimum Gasteiger partial charge on any atom is -0.363 e. The largest absolute Gasteiger partial charge is 0.410 e. The molecule has 2 atom stereocenters. The number of hydrogen-bond donors (Lipinski definition) is 2. The Morgan fingerprint density at radius 2 is 1.94 bits per heavy atom. The molecule has 0 bridgehead atoms. The first-order valence-electron chi connectivity index (χ1n) is 10.9. The van der Waals surface area contributed by atoms with E-state index < -0.39 is 18.3 Å². The molecule has 174 valence electrons. The fourth-order valence-electron chi connectivity index (χ4n) is 3.97. The van der Waals surface area contributed by atoms with Crippen LogP contribution in [-0.4, -0.2) is 26.8 Å². The van der Waals surface area contributed by atoms with Crippen molar-refractivity contribution in [2.45, 2.75) is 57.9 Å². The lowest BCUT2D eigenvalue weighted by atomic mass is 9.95. The summed E-state index contributed by atoms with van der Waals surface area (Å²) in [5.41, 5.74) is 4.04.